The van der Waals surface area contributed by atoms with E-state index in [0.29, 0.717) is 0 Å². The molecule has 0 unspecified atom stereocenters. The van der Waals surface area contributed by atoms with Crippen molar-refractivity contribution in [3.8, 4) is 5.75 Å². The number of hydrogen-bond acceptors (Lipinski definition) is 3. The fourth-order valence-corrected chi connectivity index (χ4v) is 1.29. The van der Waals surface area contributed by atoms with Crippen LogP contribution in [0, 0.1) is 6.92 Å². The quantitative estimate of drug-likeness (QED) is 0.727. The second-order valence-electron chi connectivity index (χ2n) is 3.31. The molecule has 0 aliphatic heterocycles. The van der Waals surface area contributed by atoms with E-state index in [-0.39, 0.29) is 0 Å². The number of hydrogen-bond donors (Lipinski definition) is 1. The summed E-state index contributed by atoms with van der Waals surface area (Å²) < 4.78 is 5.28. The maximum atomic E-state index is 5.28. The van der Waals surface area contributed by atoms with E-state index in [2.05, 4.69) is 17.2 Å². The molecule has 1 aromatic heterocycles. The number of rotatable bonds is 5. The first-order valence-corrected chi connectivity index (χ1v) is 4.98. The minimum atomic E-state index is 0.824. The lowest BCUT2D eigenvalue weighted by Crippen LogP contribution is -2.14. The van der Waals surface area contributed by atoms with Gasteiger partial charge in [-0.05, 0) is 19.9 Å². The minimum Gasteiger partial charge on any atom is -0.496 e. The third-order valence-corrected chi connectivity index (χ3v) is 2.04. The Bertz CT molecular complexity index is 287. The molecule has 0 spiro atoms. The first-order chi connectivity index (χ1) is 6.77. The van der Waals surface area contributed by atoms with Crippen LogP contribution in [-0.4, -0.2) is 18.6 Å². The highest BCUT2D eigenvalue weighted by atomic mass is 16.5. The molecule has 3 heteroatoms. The molecule has 1 aromatic rings. The van der Waals surface area contributed by atoms with Crippen LogP contribution >= 0.6 is 0 Å². The lowest BCUT2D eigenvalue weighted by Gasteiger charge is -2.09. The van der Waals surface area contributed by atoms with Gasteiger partial charge in [0.15, 0.2) is 0 Å². The van der Waals surface area contributed by atoms with Crippen molar-refractivity contribution in [1.82, 2.24) is 10.3 Å². The summed E-state index contributed by atoms with van der Waals surface area (Å²) in [5.41, 5.74) is 2.10. The van der Waals surface area contributed by atoms with Crippen LogP contribution in [0.4, 0.5) is 0 Å². The number of pyridine rings is 1. The van der Waals surface area contributed by atoms with Crippen LogP contribution in [0.2, 0.25) is 0 Å². The van der Waals surface area contributed by atoms with Crippen LogP contribution < -0.4 is 10.1 Å². The van der Waals surface area contributed by atoms with Crippen LogP contribution in [-0.2, 0) is 6.54 Å². The highest BCUT2D eigenvalue weighted by Crippen LogP contribution is 2.17. The van der Waals surface area contributed by atoms with Gasteiger partial charge in [0.05, 0.1) is 7.11 Å². The molecule has 1 heterocycles. The molecule has 0 saturated heterocycles. The topological polar surface area (TPSA) is 34.2 Å². The van der Waals surface area contributed by atoms with Crippen molar-refractivity contribution in [2.45, 2.75) is 26.8 Å². The standard InChI is InChI=1S/C11H18N2O/c1-4-5-12-7-10-8-13-9(2)6-11(10)14-3/h6,8,12H,4-5,7H2,1-3H3. The summed E-state index contributed by atoms with van der Waals surface area (Å²) in [5.74, 6) is 0.918. The van der Waals surface area contributed by atoms with Gasteiger partial charge in [-0.25, -0.2) is 0 Å². The van der Waals surface area contributed by atoms with Crippen molar-refractivity contribution < 1.29 is 4.74 Å². The number of nitrogens with zero attached hydrogens (tertiary/aromatic N) is 1. The molecule has 0 amide bonds. The van der Waals surface area contributed by atoms with Gasteiger partial charge in [0, 0.05) is 30.1 Å². The largest absolute Gasteiger partial charge is 0.496 e. The fraction of sp³-hybridized carbons (Fsp3) is 0.545. The summed E-state index contributed by atoms with van der Waals surface area (Å²) in [7, 11) is 1.69. The zero-order valence-electron chi connectivity index (χ0n) is 9.13. The maximum absolute atomic E-state index is 5.28. The average Bonchev–Trinajstić information content (AvgIpc) is 2.20. The third kappa shape index (κ3) is 3.00. The predicted octanol–water partition coefficient (Wildman–Crippen LogP) is 1.90. The van der Waals surface area contributed by atoms with Crippen LogP contribution in [0.5, 0.6) is 5.75 Å². The summed E-state index contributed by atoms with van der Waals surface area (Å²) in [4.78, 5) is 4.25. The number of methoxy groups -OCH3 is 1. The molecule has 0 saturated carbocycles. The molecule has 0 radical (unpaired) electrons. The molecule has 78 valence electrons. The van der Waals surface area contributed by atoms with Gasteiger partial charge >= 0.3 is 0 Å². The Labute approximate surface area is 85.5 Å². The van der Waals surface area contributed by atoms with Gasteiger partial charge in [-0.1, -0.05) is 6.92 Å². The van der Waals surface area contributed by atoms with Crippen molar-refractivity contribution in [3.05, 3.63) is 23.5 Å². The van der Waals surface area contributed by atoms with Crippen LogP contribution in [0.1, 0.15) is 24.6 Å². The number of aromatic nitrogens is 1. The summed E-state index contributed by atoms with van der Waals surface area (Å²) in [5, 5.41) is 3.33. The van der Waals surface area contributed by atoms with Gasteiger partial charge in [0.2, 0.25) is 0 Å². The normalized spacial score (nSPS) is 10.2. The van der Waals surface area contributed by atoms with Crippen molar-refractivity contribution in [3.63, 3.8) is 0 Å². The van der Waals surface area contributed by atoms with E-state index in [0.717, 1.165) is 36.5 Å². The molecule has 3 nitrogen and oxygen atoms in total. The second kappa shape index (κ2) is 5.60. The molecule has 0 fully saturated rings. The Morgan fingerprint density at radius 1 is 1.50 bits per heavy atom. The zero-order valence-corrected chi connectivity index (χ0v) is 9.13. The zero-order chi connectivity index (χ0) is 10.4. The Balaban J connectivity index is 2.65. The Morgan fingerprint density at radius 2 is 2.29 bits per heavy atom. The number of ether oxygens (including phenoxy) is 1. The summed E-state index contributed by atoms with van der Waals surface area (Å²) in [6.07, 6.45) is 3.01. The highest BCUT2D eigenvalue weighted by Gasteiger charge is 2.02. The molecule has 14 heavy (non-hydrogen) atoms. The van der Waals surface area contributed by atoms with Gasteiger partial charge < -0.3 is 10.1 Å². The van der Waals surface area contributed by atoms with E-state index in [4.69, 9.17) is 4.74 Å². The summed E-state index contributed by atoms with van der Waals surface area (Å²) in [6, 6.07) is 1.96. The lowest BCUT2D eigenvalue weighted by atomic mass is 10.2. The first kappa shape index (κ1) is 11.0. The van der Waals surface area contributed by atoms with Gasteiger partial charge in [-0.15, -0.1) is 0 Å². The van der Waals surface area contributed by atoms with Crippen molar-refractivity contribution in [1.29, 1.82) is 0 Å². The summed E-state index contributed by atoms with van der Waals surface area (Å²) >= 11 is 0. The molecule has 1 N–H and O–H groups in total. The van der Waals surface area contributed by atoms with Crippen molar-refractivity contribution in [2.24, 2.45) is 0 Å². The fourth-order valence-electron chi connectivity index (χ4n) is 1.29. The van der Waals surface area contributed by atoms with Crippen LogP contribution in [0.15, 0.2) is 12.3 Å². The summed E-state index contributed by atoms with van der Waals surface area (Å²) in [6.45, 7) is 5.96. The van der Waals surface area contributed by atoms with Crippen LogP contribution in [0.25, 0.3) is 0 Å². The van der Waals surface area contributed by atoms with E-state index in [1.54, 1.807) is 7.11 Å². The lowest BCUT2D eigenvalue weighted by molar-refractivity contribution is 0.406. The molecular formula is C11H18N2O. The van der Waals surface area contributed by atoms with E-state index in [1.165, 1.54) is 0 Å². The smallest absolute Gasteiger partial charge is 0.126 e. The maximum Gasteiger partial charge on any atom is 0.126 e. The van der Waals surface area contributed by atoms with E-state index >= 15 is 0 Å². The predicted molar refractivity (Wildman–Crippen MR) is 57.5 cm³/mol. The van der Waals surface area contributed by atoms with Crippen molar-refractivity contribution in [2.75, 3.05) is 13.7 Å². The van der Waals surface area contributed by atoms with Gasteiger partial charge in [-0.3, -0.25) is 4.98 Å². The molecule has 0 aliphatic carbocycles. The second-order valence-corrected chi connectivity index (χ2v) is 3.31. The number of nitrogens with one attached hydrogen (secondary N) is 1. The Hall–Kier alpha value is -1.09. The van der Waals surface area contributed by atoms with E-state index < -0.39 is 0 Å². The average molecular weight is 194 g/mol. The van der Waals surface area contributed by atoms with Crippen molar-refractivity contribution >= 4 is 0 Å². The molecule has 0 bridgehead atoms. The minimum absolute atomic E-state index is 0.824. The van der Waals surface area contributed by atoms with Gasteiger partial charge in [0.1, 0.15) is 5.75 Å². The van der Waals surface area contributed by atoms with Gasteiger partial charge in [0.25, 0.3) is 0 Å². The van der Waals surface area contributed by atoms with E-state index in [1.807, 2.05) is 19.2 Å². The molecule has 1 rings (SSSR count). The Kier molecular flexibility index (Phi) is 4.40. The molecule has 0 atom stereocenters. The number of aryl methyl sites for hydroxylation is 1. The Morgan fingerprint density at radius 3 is 2.93 bits per heavy atom. The molecule has 0 aromatic carbocycles. The monoisotopic (exact) mass is 194 g/mol. The molecular weight excluding hydrogens is 176 g/mol. The van der Waals surface area contributed by atoms with Crippen LogP contribution in [0.3, 0.4) is 0 Å². The first-order valence-electron chi connectivity index (χ1n) is 4.98. The third-order valence-electron chi connectivity index (χ3n) is 2.04. The van der Waals surface area contributed by atoms with E-state index in [9.17, 15) is 0 Å². The van der Waals surface area contributed by atoms with Gasteiger partial charge in [-0.2, -0.15) is 0 Å². The molecule has 0 aliphatic rings. The SMILES string of the molecule is CCCNCc1cnc(C)cc1OC. The highest BCUT2D eigenvalue weighted by molar-refractivity contribution is 5.32.